The molecule has 0 unspecified atom stereocenters. The van der Waals surface area contributed by atoms with Crippen LogP contribution in [-0.4, -0.2) is 20.9 Å². The highest BCUT2D eigenvalue weighted by Crippen LogP contribution is 2.08. The van der Waals surface area contributed by atoms with Crippen LogP contribution >= 0.6 is 0 Å². The van der Waals surface area contributed by atoms with Crippen LogP contribution in [0.25, 0.3) is 0 Å². The van der Waals surface area contributed by atoms with Crippen LogP contribution in [0.4, 0.5) is 0 Å². The molecule has 0 bridgehead atoms. The summed E-state index contributed by atoms with van der Waals surface area (Å²) in [6, 6.07) is 7.19. The molecule has 0 aromatic carbocycles. The molecule has 0 fully saturated rings. The second-order valence-electron chi connectivity index (χ2n) is 2.93. The Morgan fingerprint density at radius 1 is 1.00 bits per heavy atom. The Hall–Kier alpha value is -2.23. The molecule has 0 saturated carbocycles. The van der Waals surface area contributed by atoms with Gasteiger partial charge >= 0.3 is 0 Å². The third kappa shape index (κ3) is 1.99. The number of aromatic nitrogens is 2. The van der Waals surface area contributed by atoms with Gasteiger partial charge < -0.3 is 5.21 Å². The maximum atomic E-state index is 8.97. The van der Waals surface area contributed by atoms with Crippen molar-refractivity contribution in [2.75, 3.05) is 0 Å². The van der Waals surface area contributed by atoms with Crippen molar-refractivity contribution in [2.24, 2.45) is 5.16 Å². The van der Waals surface area contributed by atoms with Gasteiger partial charge in [-0.3, -0.25) is 9.97 Å². The normalized spacial score (nSPS) is 11.3. The van der Waals surface area contributed by atoms with Crippen molar-refractivity contribution in [1.82, 2.24) is 9.97 Å². The molecule has 2 aromatic rings. The van der Waals surface area contributed by atoms with Gasteiger partial charge in [-0.25, -0.2) is 0 Å². The van der Waals surface area contributed by atoms with Crippen LogP contribution in [0.5, 0.6) is 0 Å². The molecule has 2 aromatic heterocycles. The number of rotatable bonds is 2. The quantitative estimate of drug-likeness (QED) is 0.455. The summed E-state index contributed by atoms with van der Waals surface area (Å²) in [4.78, 5) is 7.87. The molecule has 0 aliphatic heterocycles. The molecule has 4 nitrogen and oxygen atoms in total. The van der Waals surface area contributed by atoms with Gasteiger partial charge in [-0.2, -0.15) is 0 Å². The molecule has 0 saturated heterocycles. The van der Waals surface area contributed by atoms with E-state index < -0.39 is 0 Å². The molecule has 0 spiro atoms. The number of oxime groups is 1. The first kappa shape index (κ1) is 9.33. The van der Waals surface area contributed by atoms with Gasteiger partial charge in [-0.15, -0.1) is 0 Å². The lowest BCUT2D eigenvalue weighted by atomic mass is 10.1. The highest BCUT2D eigenvalue weighted by atomic mass is 16.4. The molecule has 2 heterocycles. The summed E-state index contributed by atoms with van der Waals surface area (Å²) >= 11 is 0. The van der Waals surface area contributed by atoms with Crippen molar-refractivity contribution in [3.05, 3.63) is 60.2 Å². The van der Waals surface area contributed by atoms with Crippen LogP contribution in [0.3, 0.4) is 0 Å². The average Bonchev–Trinajstić information content (AvgIpc) is 2.33. The zero-order chi connectivity index (χ0) is 10.5. The van der Waals surface area contributed by atoms with E-state index in [1.807, 2.05) is 6.07 Å². The van der Waals surface area contributed by atoms with Crippen molar-refractivity contribution in [1.29, 1.82) is 0 Å². The standard InChI is InChI=1S/C11H9N3O/c15-14-11(9-3-6-12-7-4-9)10-2-1-5-13-8-10/h1-8,15H/b14-11-. The molecular formula is C11H9N3O. The summed E-state index contributed by atoms with van der Waals surface area (Å²) in [5.41, 5.74) is 2.07. The summed E-state index contributed by atoms with van der Waals surface area (Å²) in [6.07, 6.45) is 6.62. The molecule has 4 heteroatoms. The van der Waals surface area contributed by atoms with Crippen molar-refractivity contribution < 1.29 is 5.21 Å². The first-order chi connectivity index (χ1) is 7.42. The molecular weight excluding hydrogens is 190 g/mol. The first-order valence-corrected chi connectivity index (χ1v) is 4.44. The minimum Gasteiger partial charge on any atom is -0.410 e. The van der Waals surface area contributed by atoms with E-state index in [4.69, 9.17) is 5.21 Å². The maximum Gasteiger partial charge on any atom is 0.118 e. The summed E-state index contributed by atoms with van der Waals surface area (Å²) in [6.45, 7) is 0. The number of pyridine rings is 2. The number of hydrogen-bond acceptors (Lipinski definition) is 4. The Labute approximate surface area is 86.9 Å². The van der Waals surface area contributed by atoms with E-state index in [0.29, 0.717) is 5.71 Å². The third-order valence-corrected chi connectivity index (χ3v) is 1.99. The number of nitrogens with zero attached hydrogens (tertiary/aromatic N) is 3. The van der Waals surface area contributed by atoms with E-state index in [1.165, 1.54) is 0 Å². The largest absolute Gasteiger partial charge is 0.410 e. The SMILES string of the molecule is O/N=C(/c1ccncc1)c1cccnc1. The lowest BCUT2D eigenvalue weighted by Gasteiger charge is -2.02. The maximum absolute atomic E-state index is 8.97. The van der Waals surface area contributed by atoms with Gasteiger partial charge in [0.05, 0.1) is 0 Å². The van der Waals surface area contributed by atoms with Crippen LogP contribution in [0.2, 0.25) is 0 Å². The Morgan fingerprint density at radius 3 is 2.40 bits per heavy atom. The van der Waals surface area contributed by atoms with E-state index in [1.54, 1.807) is 43.0 Å². The van der Waals surface area contributed by atoms with Crippen LogP contribution in [0.1, 0.15) is 11.1 Å². The predicted molar refractivity (Wildman–Crippen MR) is 55.9 cm³/mol. The molecule has 15 heavy (non-hydrogen) atoms. The van der Waals surface area contributed by atoms with Gasteiger partial charge in [0.15, 0.2) is 0 Å². The monoisotopic (exact) mass is 199 g/mol. The zero-order valence-corrected chi connectivity index (χ0v) is 7.91. The van der Waals surface area contributed by atoms with Crippen molar-refractivity contribution in [3.8, 4) is 0 Å². The fraction of sp³-hybridized carbons (Fsp3) is 0. The Morgan fingerprint density at radius 2 is 1.80 bits per heavy atom. The zero-order valence-electron chi connectivity index (χ0n) is 7.91. The predicted octanol–water partition coefficient (Wildman–Crippen LogP) is 1.70. The molecule has 0 aliphatic rings. The topological polar surface area (TPSA) is 58.4 Å². The van der Waals surface area contributed by atoms with E-state index in [2.05, 4.69) is 15.1 Å². The molecule has 74 valence electrons. The fourth-order valence-electron chi connectivity index (χ4n) is 1.29. The highest BCUT2D eigenvalue weighted by Gasteiger charge is 2.06. The van der Waals surface area contributed by atoms with E-state index in [9.17, 15) is 0 Å². The van der Waals surface area contributed by atoms with Crippen molar-refractivity contribution >= 4 is 5.71 Å². The van der Waals surface area contributed by atoms with Gasteiger partial charge in [-0.05, 0) is 24.3 Å². The van der Waals surface area contributed by atoms with Crippen LogP contribution in [-0.2, 0) is 0 Å². The Kier molecular flexibility index (Phi) is 2.69. The second kappa shape index (κ2) is 4.32. The van der Waals surface area contributed by atoms with Crippen LogP contribution < -0.4 is 0 Å². The first-order valence-electron chi connectivity index (χ1n) is 4.44. The van der Waals surface area contributed by atoms with E-state index in [0.717, 1.165) is 11.1 Å². The fourth-order valence-corrected chi connectivity index (χ4v) is 1.29. The highest BCUT2D eigenvalue weighted by molar-refractivity contribution is 6.12. The van der Waals surface area contributed by atoms with Gasteiger partial charge in [-0.1, -0.05) is 5.16 Å². The second-order valence-corrected chi connectivity index (χ2v) is 2.93. The van der Waals surface area contributed by atoms with E-state index in [-0.39, 0.29) is 0 Å². The van der Waals surface area contributed by atoms with E-state index >= 15 is 0 Å². The minimum atomic E-state index is 0.491. The Bertz CT molecular complexity index is 412. The molecule has 0 atom stereocenters. The van der Waals surface area contributed by atoms with Crippen molar-refractivity contribution in [2.45, 2.75) is 0 Å². The molecule has 0 aliphatic carbocycles. The smallest absolute Gasteiger partial charge is 0.118 e. The summed E-state index contributed by atoms with van der Waals surface area (Å²) in [7, 11) is 0. The number of hydrogen-bond donors (Lipinski definition) is 1. The van der Waals surface area contributed by atoms with Crippen LogP contribution in [0.15, 0.2) is 54.2 Å². The average molecular weight is 199 g/mol. The molecule has 1 N–H and O–H groups in total. The molecule has 2 rings (SSSR count). The van der Waals surface area contributed by atoms with Gasteiger partial charge in [0.1, 0.15) is 5.71 Å². The lowest BCUT2D eigenvalue weighted by molar-refractivity contribution is 0.319. The Balaban J connectivity index is 2.44. The molecule has 0 amide bonds. The van der Waals surface area contributed by atoms with Gasteiger partial charge in [0.2, 0.25) is 0 Å². The lowest BCUT2D eigenvalue weighted by Crippen LogP contribution is -2.03. The van der Waals surface area contributed by atoms with Gasteiger partial charge in [0.25, 0.3) is 0 Å². The van der Waals surface area contributed by atoms with Crippen molar-refractivity contribution in [3.63, 3.8) is 0 Å². The third-order valence-electron chi connectivity index (χ3n) is 1.99. The molecule has 0 radical (unpaired) electrons. The van der Waals surface area contributed by atoms with Gasteiger partial charge in [0, 0.05) is 35.9 Å². The minimum absolute atomic E-state index is 0.491. The summed E-state index contributed by atoms with van der Waals surface area (Å²) in [5, 5.41) is 12.3. The summed E-state index contributed by atoms with van der Waals surface area (Å²) in [5.74, 6) is 0. The van der Waals surface area contributed by atoms with Crippen LogP contribution in [0, 0.1) is 0 Å². The summed E-state index contributed by atoms with van der Waals surface area (Å²) < 4.78 is 0.